The first kappa shape index (κ1) is 25.2. The van der Waals surface area contributed by atoms with Crippen LogP contribution in [0.25, 0.3) is 11.1 Å². The van der Waals surface area contributed by atoms with E-state index in [2.05, 4.69) is 21.2 Å². The van der Waals surface area contributed by atoms with Crippen LogP contribution in [-0.4, -0.2) is 70.4 Å². The molecular weight excluding hydrogens is 448 g/mol. The minimum absolute atomic E-state index is 0.184. The van der Waals surface area contributed by atoms with Crippen LogP contribution in [-0.2, 0) is 9.53 Å². The van der Waals surface area contributed by atoms with Gasteiger partial charge < -0.3 is 20.0 Å². The molecule has 3 N–H and O–H groups in total. The number of hydrogen-bond donors (Lipinski definition) is 2. The molecule has 1 aliphatic carbocycles. The summed E-state index contributed by atoms with van der Waals surface area (Å²) in [5, 5.41) is 23.5. The van der Waals surface area contributed by atoms with E-state index in [0.29, 0.717) is 56.2 Å². The first-order valence-corrected chi connectivity index (χ1v) is 12.7. The van der Waals surface area contributed by atoms with Gasteiger partial charge in [-0.05, 0) is 30.9 Å². The molecule has 2 fully saturated rings. The summed E-state index contributed by atoms with van der Waals surface area (Å²) in [6.07, 6.45) is 5.60. The number of aromatic nitrogens is 1. The lowest BCUT2D eigenvalue weighted by Gasteiger charge is -2.36. The Kier molecular flexibility index (Phi) is 8.74. The molecule has 1 aromatic heterocycles. The highest BCUT2D eigenvalue weighted by molar-refractivity contribution is 5.80. The van der Waals surface area contributed by atoms with Gasteiger partial charge in [-0.3, -0.25) is 14.8 Å². The average molecular weight is 485 g/mol. The molecule has 1 aliphatic heterocycles. The lowest BCUT2D eigenvalue weighted by Crippen LogP contribution is -2.50. The number of nitrogens with two attached hydrogens (primary N) is 1. The second-order valence-electron chi connectivity index (χ2n) is 9.34. The molecule has 35 heavy (non-hydrogen) atoms. The van der Waals surface area contributed by atoms with E-state index in [1.807, 2.05) is 30.1 Å². The number of hydrogen-bond acceptors (Lipinski definition) is 9. The third kappa shape index (κ3) is 6.39. The Labute approximate surface area is 205 Å². The fourth-order valence-corrected chi connectivity index (χ4v) is 4.99. The van der Waals surface area contributed by atoms with E-state index in [-0.39, 0.29) is 5.89 Å². The highest BCUT2D eigenvalue weighted by Gasteiger charge is 2.37. The molecule has 1 saturated heterocycles. The number of aliphatic hydroxyl groups excluding tert-OH is 1. The zero-order valence-electron chi connectivity index (χ0n) is 20.4. The Morgan fingerprint density at radius 2 is 2.03 bits per heavy atom. The Bertz CT molecular complexity index is 991. The van der Waals surface area contributed by atoms with Gasteiger partial charge in [0.15, 0.2) is 11.7 Å². The normalized spacial score (nSPS) is 19.5. The van der Waals surface area contributed by atoms with Crippen molar-refractivity contribution in [3.8, 4) is 0 Å². The summed E-state index contributed by atoms with van der Waals surface area (Å²) in [6.45, 7) is 4.40. The number of para-hydroxylation sites is 2. The molecule has 10 nitrogen and oxygen atoms in total. The highest BCUT2D eigenvalue weighted by Crippen LogP contribution is 2.32. The van der Waals surface area contributed by atoms with Gasteiger partial charge in [-0.1, -0.05) is 51.2 Å². The summed E-state index contributed by atoms with van der Waals surface area (Å²) in [7, 11) is 0. The number of amides is 1. The Hall–Kier alpha value is -2.94. The lowest BCUT2D eigenvalue weighted by atomic mass is 9.84. The maximum Gasteiger partial charge on any atom is 0.241 e. The van der Waals surface area contributed by atoms with Crippen molar-refractivity contribution in [3.63, 3.8) is 0 Å². The molecule has 0 radical (unpaired) electrons. The van der Waals surface area contributed by atoms with E-state index in [0.717, 1.165) is 25.7 Å². The summed E-state index contributed by atoms with van der Waals surface area (Å²) in [4.78, 5) is 17.2. The van der Waals surface area contributed by atoms with Crippen LogP contribution in [0.4, 0.5) is 0 Å². The first-order valence-electron chi connectivity index (χ1n) is 12.7. The smallest absolute Gasteiger partial charge is 0.241 e. The average Bonchev–Trinajstić information content (AvgIpc) is 3.32. The van der Waals surface area contributed by atoms with E-state index in [1.54, 1.807) is 11.1 Å². The number of carbonyl (C=O) groups is 1. The van der Waals surface area contributed by atoms with Crippen LogP contribution in [0.1, 0.15) is 63.9 Å². The quantitative estimate of drug-likeness (QED) is 0.391. The highest BCUT2D eigenvalue weighted by atomic mass is 16.5. The van der Waals surface area contributed by atoms with Gasteiger partial charge in [-0.2, -0.15) is 0 Å². The van der Waals surface area contributed by atoms with E-state index in [4.69, 9.17) is 14.9 Å². The number of oxazole rings is 1. The van der Waals surface area contributed by atoms with E-state index in [1.165, 1.54) is 6.42 Å². The topological polar surface area (TPSA) is 130 Å². The predicted molar refractivity (Wildman–Crippen MR) is 131 cm³/mol. The van der Waals surface area contributed by atoms with Crippen LogP contribution >= 0.6 is 0 Å². The van der Waals surface area contributed by atoms with Crippen LogP contribution in [0.2, 0.25) is 0 Å². The molecule has 2 aromatic rings. The maximum atomic E-state index is 12.7. The second-order valence-corrected chi connectivity index (χ2v) is 9.34. The largest absolute Gasteiger partial charge is 0.438 e. The molecule has 10 heteroatoms. The first-order chi connectivity index (χ1) is 17.1. The zero-order valence-corrected chi connectivity index (χ0v) is 20.4. The van der Waals surface area contributed by atoms with Gasteiger partial charge in [0.25, 0.3) is 0 Å². The fourth-order valence-electron chi connectivity index (χ4n) is 4.99. The lowest BCUT2D eigenvalue weighted by molar-refractivity contribution is -0.126. The summed E-state index contributed by atoms with van der Waals surface area (Å²) in [5.74, 6) is 0.0917. The van der Waals surface area contributed by atoms with Crippen molar-refractivity contribution in [3.05, 3.63) is 30.2 Å². The molecule has 1 saturated carbocycles. The number of rotatable bonds is 10. The van der Waals surface area contributed by atoms with Crippen LogP contribution in [0.15, 0.2) is 38.9 Å². The summed E-state index contributed by atoms with van der Waals surface area (Å²) >= 11 is 0. The van der Waals surface area contributed by atoms with E-state index < -0.39 is 24.1 Å². The minimum Gasteiger partial charge on any atom is -0.438 e. The Morgan fingerprint density at radius 1 is 1.29 bits per heavy atom. The Balaban J connectivity index is 1.63. The number of nitrogens with zero attached hydrogens (tertiary/aromatic N) is 5. The summed E-state index contributed by atoms with van der Waals surface area (Å²) in [6, 6.07) is 8.81. The predicted octanol–water partition coefficient (Wildman–Crippen LogP) is 3.10. The number of benzene rings is 1. The Morgan fingerprint density at radius 3 is 2.71 bits per heavy atom. The van der Waals surface area contributed by atoms with Gasteiger partial charge in [0.2, 0.25) is 11.8 Å². The monoisotopic (exact) mass is 484 g/mol. The van der Waals surface area contributed by atoms with Crippen LogP contribution in [0, 0.1) is 5.92 Å². The van der Waals surface area contributed by atoms with Gasteiger partial charge >= 0.3 is 0 Å². The number of morpholine rings is 1. The third-order valence-corrected chi connectivity index (χ3v) is 6.95. The molecular formula is C25H36N6O4. The molecule has 0 bridgehead atoms. The molecule has 1 aromatic carbocycles. The number of ether oxygens (including phenoxy) is 1. The molecule has 4 rings (SSSR count). The molecule has 0 spiro atoms. The van der Waals surface area contributed by atoms with E-state index >= 15 is 0 Å². The number of fused-ring (bicyclic) bond motifs is 1. The van der Waals surface area contributed by atoms with Crippen molar-refractivity contribution in [2.24, 2.45) is 21.9 Å². The second kappa shape index (κ2) is 12.2. The van der Waals surface area contributed by atoms with Crippen LogP contribution in [0.3, 0.4) is 0 Å². The van der Waals surface area contributed by atoms with Gasteiger partial charge in [-0.25, -0.2) is 4.98 Å². The number of carbonyl (C=O) groups excluding carboxylic acids is 1. The van der Waals surface area contributed by atoms with Crippen LogP contribution < -0.4 is 5.73 Å². The van der Waals surface area contributed by atoms with Crippen LogP contribution in [0.5, 0.6) is 0 Å². The van der Waals surface area contributed by atoms with Gasteiger partial charge in [0.05, 0.1) is 32.3 Å². The molecule has 3 atom stereocenters. The standard InChI is InChI=1S/C25H36N6O4/c1-2-20(23(32)25-29-19-10-6-7-11-22(19)35-25)31(28-17-27-30-12-14-34-15-13-30)21(24(26)33)16-18-8-4-3-5-9-18/h6-7,10-11,18,20-21,23,32H,2-5,8-9,12-16H2,1H3,(H2,26,33). The summed E-state index contributed by atoms with van der Waals surface area (Å²) < 4.78 is 11.2. The van der Waals surface area contributed by atoms with Crippen molar-refractivity contribution in [2.45, 2.75) is 70.1 Å². The number of hydrazone groups is 2. The molecule has 3 unspecified atom stereocenters. The molecule has 2 heterocycles. The van der Waals surface area contributed by atoms with Gasteiger partial charge in [0.1, 0.15) is 17.6 Å². The number of aliphatic hydroxyl groups is 1. The van der Waals surface area contributed by atoms with Gasteiger partial charge in [0, 0.05) is 0 Å². The number of primary amides is 1. The molecule has 2 aliphatic rings. The SMILES string of the molecule is CCC(C(O)c1nc2ccccc2o1)N(N=C=NN1CCOCC1)C(CC1CCCCC1)C(N)=O. The summed E-state index contributed by atoms with van der Waals surface area (Å²) in [5.41, 5.74) is 7.17. The third-order valence-electron chi connectivity index (χ3n) is 6.95. The van der Waals surface area contributed by atoms with Crippen molar-refractivity contribution >= 4 is 23.0 Å². The van der Waals surface area contributed by atoms with E-state index in [9.17, 15) is 9.90 Å². The van der Waals surface area contributed by atoms with Crippen molar-refractivity contribution < 1.29 is 19.1 Å². The minimum atomic E-state index is -1.12. The molecule has 190 valence electrons. The van der Waals surface area contributed by atoms with Crippen molar-refractivity contribution in [1.29, 1.82) is 0 Å². The maximum absolute atomic E-state index is 12.7. The fraction of sp³-hybridized carbons (Fsp3) is 0.640. The molecule has 1 amide bonds. The zero-order chi connectivity index (χ0) is 24.6. The van der Waals surface area contributed by atoms with Gasteiger partial charge in [-0.15, -0.1) is 10.2 Å². The van der Waals surface area contributed by atoms with Crippen molar-refractivity contribution in [1.82, 2.24) is 15.0 Å². The van der Waals surface area contributed by atoms with Crippen molar-refractivity contribution in [2.75, 3.05) is 26.3 Å².